The van der Waals surface area contributed by atoms with E-state index in [1.807, 2.05) is 0 Å². The fourth-order valence-electron chi connectivity index (χ4n) is 3.72. The number of hydrogen-bond donors (Lipinski definition) is 1. The van der Waals surface area contributed by atoms with Crippen molar-refractivity contribution in [1.29, 1.82) is 0 Å². The van der Waals surface area contributed by atoms with E-state index in [9.17, 15) is 0 Å². The van der Waals surface area contributed by atoms with E-state index in [4.69, 9.17) is 10.5 Å². The summed E-state index contributed by atoms with van der Waals surface area (Å²) in [5, 5.41) is 0. The monoisotopic (exact) mass is 253 g/mol. The van der Waals surface area contributed by atoms with E-state index in [-0.39, 0.29) is 0 Å². The van der Waals surface area contributed by atoms with E-state index in [0.29, 0.717) is 12.0 Å². The molecule has 4 heteroatoms. The van der Waals surface area contributed by atoms with Gasteiger partial charge in [0.1, 0.15) is 0 Å². The average molecular weight is 253 g/mol. The predicted molar refractivity (Wildman–Crippen MR) is 72.6 cm³/mol. The van der Waals surface area contributed by atoms with Crippen LogP contribution in [0.1, 0.15) is 25.7 Å². The maximum absolute atomic E-state index is 6.34. The van der Waals surface area contributed by atoms with Crippen molar-refractivity contribution in [1.82, 2.24) is 9.80 Å². The number of hydrogen-bond acceptors (Lipinski definition) is 4. The molecule has 18 heavy (non-hydrogen) atoms. The number of ether oxygens (including phenoxy) is 1. The van der Waals surface area contributed by atoms with Gasteiger partial charge < -0.3 is 10.5 Å². The topological polar surface area (TPSA) is 41.7 Å². The molecule has 104 valence electrons. The van der Waals surface area contributed by atoms with Gasteiger partial charge in [-0.3, -0.25) is 9.80 Å². The van der Waals surface area contributed by atoms with Crippen LogP contribution >= 0.6 is 0 Å². The first-order chi connectivity index (χ1) is 8.83. The van der Waals surface area contributed by atoms with Gasteiger partial charge in [-0.15, -0.1) is 0 Å². The van der Waals surface area contributed by atoms with E-state index in [1.54, 1.807) is 0 Å². The summed E-state index contributed by atoms with van der Waals surface area (Å²) in [6.07, 6.45) is 5.36. The van der Waals surface area contributed by atoms with Gasteiger partial charge in [-0.2, -0.15) is 0 Å². The quantitative estimate of drug-likeness (QED) is 0.796. The molecular formula is C14H27N3O. The van der Waals surface area contributed by atoms with Crippen LogP contribution in [0.25, 0.3) is 0 Å². The molecule has 3 saturated heterocycles. The predicted octanol–water partition coefficient (Wildman–Crippen LogP) is 0.520. The molecule has 0 spiro atoms. The maximum atomic E-state index is 6.34. The minimum Gasteiger partial charge on any atom is -0.381 e. The smallest absolute Gasteiger partial charge is 0.0510 e. The van der Waals surface area contributed by atoms with Crippen LogP contribution in [-0.2, 0) is 4.74 Å². The zero-order chi connectivity index (χ0) is 12.4. The zero-order valence-corrected chi connectivity index (χ0v) is 11.4. The van der Waals surface area contributed by atoms with Crippen molar-refractivity contribution in [2.24, 2.45) is 11.7 Å². The molecule has 3 fully saturated rings. The van der Waals surface area contributed by atoms with Gasteiger partial charge in [0.15, 0.2) is 0 Å². The molecule has 3 aliphatic heterocycles. The molecule has 0 aromatic rings. The van der Waals surface area contributed by atoms with Crippen molar-refractivity contribution >= 4 is 0 Å². The van der Waals surface area contributed by atoms with Gasteiger partial charge in [-0.1, -0.05) is 6.42 Å². The Hall–Kier alpha value is -0.160. The third-order valence-corrected chi connectivity index (χ3v) is 4.96. The largest absolute Gasteiger partial charge is 0.381 e. The third-order valence-electron chi connectivity index (χ3n) is 4.96. The van der Waals surface area contributed by atoms with Crippen LogP contribution in [-0.4, -0.2) is 67.8 Å². The van der Waals surface area contributed by atoms with Crippen molar-refractivity contribution < 1.29 is 4.74 Å². The molecule has 4 nitrogen and oxygen atoms in total. The number of piperazine rings is 1. The molecule has 3 atom stereocenters. The van der Waals surface area contributed by atoms with Crippen LogP contribution in [0.4, 0.5) is 0 Å². The summed E-state index contributed by atoms with van der Waals surface area (Å²) in [5.74, 6) is 0.592. The van der Waals surface area contributed by atoms with Crippen molar-refractivity contribution in [2.75, 3.05) is 45.9 Å². The summed E-state index contributed by atoms with van der Waals surface area (Å²) in [4.78, 5) is 5.28. The lowest BCUT2D eigenvalue weighted by Gasteiger charge is -2.44. The Balaban J connectivity index is 1.48. The van der Waals surface area contributed by atoms with Crippen molar-refractivity contribution in [3.8, 4) is 0 Å². The van der Waals surface area contributed by atoms with E-state index < -0.39 is 0 Å². The SMILES string of the molecule is NC(CN1CCN2CCCCC2C1)C1CCOC1. The zero-order valence-electron chi connectivity index (χ0n) is 11.4. The lowest BCUT2D eigenvalue weighted by atomic mass is 9.96. The Kier molecular flexibility index (Phi) is 4.19. The van der Waals surface area contributed by atoms with Gasteiger partial charge in [0.25, 0.3) is 0 Å². The van der Waals surface area contributed by atoms with Crippen LogP contribution < -0.4 is 5.73 Å². The Bertz CT molecular complexity index is 268. The van der Waals surface area contributed by atoms with Crippen LogP contribution in [0.5, 0.6) is 0 Å². The lowest BCUT2D eigenvalue weighted by Crippen LogP contribution is -2.57. The molecule has 3 aliphatic rings. The Morgan fingerprint density at radius 3 is 2.94 bits per heavy atom. The number of rotatable bonds is 3. The Morgan fingerprint density at radius 2 is 2.11 bits per heavy atom. The van der Waals surface area contributed by atoms with Gasteiger partial charge in [0, 0.05) is 50.8 Å². The Labute approximate surface area is 110 Å². The molecular weight excluding hydrogens is 226 g/mol. The molecule has 0 radical (unpaired) electrons. The molecule has 0 amide bonds. The highest BCUT2D eigenvalue weighted by molar-refractivity contribution is 4.88. The second-order valence-corrected chi connectivity index (χ2v) is 6.23. The lowest BCUT2D eigenvalue weighted by molar-refractivity contribution is 0.0431. The molecule has 0 saturated carbocycles. The summed E-state index contributed by atoms with van der Waals surface area (Å²) in [6, 6.07) is 1.11. The minimum atomic E-state index is 0.308. The first-order valence-electron chi connectivity index (χ1n) is 7.62. The molecule has 0 aliphatic carbocycles. The normalized spacial score (nSPS) is 36.5. The molecule has 3 unspecified atom stereocenters. The maximum Gasteiger partial charge on any atom is 0.0510 e. The summed E-state index contributed by atoms with van der Waals surface area (Å²) >= 11 is 0. The second kappa shape index (κ2) is 5.87. The minimum absolute atomic E-state index is 0.308. The highest BCUT2D eigenvalue weighted by atomic mass is 16.5. The number of fused-ring (bicyclic) bond motifs is 1. The van der Waals surface area contributed by atoms with Crippen molar-refractivity contribution in [3.05, 3.63) is 0 Å². The van der Waals surface area contributed by atoms with Gasteiger partial charge in [-0.05, 0) is 25.8 Å². The first-order valence-corrected chi connectivity index (χ1v) is 7.62. The van der Waals surface area contributed by atoms with Crippen molar-refractivity contribution in [3.63, 3.8) is 0 Å². The number of piperidine rings is 1. The summed E-state index contributed by atoms with van der Waals surface area (Å²) in [5.41, 5.74) is 6.34. The molecule has 3 rings (SSSR count). The molecule has 0 aromatic heterocycles. The first kappa shape index (κ1) is 12.9. The second-order valence-electron chi connectivity index (χ2n) is 6.23. The van der Waals surface area contributed by atoms with E-state index >= 15 is 0 Å². The molecule has 3 heterocycles. The highest BCUT2D eigenvalue weighted by Crippen LogP contribution is 2.22. The summed E-state index contributed by atoms with van der Waals surface area (Å²) in [6.45, 7) is 7.87. The highest BCUT2D eigenvalue weighted by Gasteiger charge is 2.31. The molecule has 0 aromatic carbocycles. The van der Waals surface area contributed by atoms with E-state index in [0.717, 1.165) is 32.2 Å². The summed E-state index contributed by atoms with van der Waals surface area (Å²) < 4.78 is 5.45. The number of nitrogens with zero attached hydrogens (tertiary/aromatic N) is 2. The number of nitrogens with two attached hydrogens (primary N) is 1. The fraction of sp³-hybridized carbons (Fsp3) is 1.00. The summed E-state index contributed by atoms with van der Waals surface area (Å²) in [7, 11) is 0. The Morgan fingerprint density at radius 1 is 1.17 bits per heavy atom. The van der Waals surface area contributed by atoms with E-state index in [2.05, 4.69) is 9.80 Å². The van der Waals surface area contributed by atoms with Crippen LogP contribution in [0.2, 0.25) is 0 Å². The van der Waals surface area contributed by atoms with Gasteiger partial charge in [0.05, 0.1) is 6.61 Å². The van der Waals surface area contributed by atoms with Gasteiger partial charge in [-0.25, -0.2) is 0 Å². The fourth-order valence-corrected chi connectivity index (χ4v) is 3.72. The third kappa shape index (κ3) is 2.87. The van der Waals surface area contributed by atoms with Crippen LogP contribution in [0.15, 0.2) is 0 Å². The van der Waals surface area contributed by atoms with Crippen molar-refractivity contribution in [2.45, 2.75) is 37.8 Å². The average Bonchev–Trinajstić information content (AvgIpc) is 2.92. The van der Waals surface area contributed by atoms with Gasteiger partial charge >= 0.3 is 0 Å². The van der Waals surface area contributed by atoms with Crippen LogP contribution in [0, 0.1) is 5.92 Å². The standard InChI is InChI=1S/C14H27N3O/c15-14(12-4-8-18-11-12)10-16-6-7-17-5-2-1-3-13(17)9-16/h12-14H,1-11,15H2. The van der Waals surface area contributed by atoms with Gasteiger partial charge in [0.2, 0.25) is 0 Å². The molecule has 0 bridgehead atoms. The molecule has 2 N–H and O–H groups in total. The van der Waals surface area contributed by atoms with Crippen LogP contribution in [0.3, 0.4) is 0 Å². The van der Waals surface area contributed by atoms with E-state index in [1.165, 1.54) is 45.4 Å².